The number of hydrogen-bond donors (Lipinski definition) is 1. The Bertz CT molecular complexity index is 844. The van der Waals surface area contributed by atoms with Crippen LogP contribution in [0.4, 0.5) is 5.13 Å². The van der Waals surface area contributed by atoms with Crippen LogP contribution in [0.25, 0.3) is 6.08 Å². The summed E-state index contributed by atoms with van der Waals surface area (Å²) >= 11 is 1.35. The molecular weight excluding hydrogens is 390 g/mol. The van der Waals surface area contributed by atoms with E-state index in [2.05, 4.69) is 29.4 Å². The zero-order valence-corrected chi connectivity index (χ0v) is 17.8. The molecule has 1 atom stereocenters. The molecule has 0 spiro atoms. The second-order valence-corrected chi connectivity index (χ2v) is 8.22. The molecule has 1 fully saturated rings. The summed E-state index contributed by atoms with van der Waals surface area (Å²) in [5.74, 6) is 1.65. The molecule has 2 aromatic rings. The van der Waals surface area contributed by atoms with E-state index in [1.807, 2.05) is 18.2 Å². The third-order valence-electron chi connectivity index (χ3n) is 4.44. The van der Waals surface area contributed by atoms with Gasteiger partial charge in [-0.05, 0) is 49.0 Å². The lowest BCUT2D eigenvalue weighted by Crippen LogP contribution is -2.07. The van der Waals surface area contributed by atoms with E-state index in [1.54, 1.807) is 13.2 Å². The normalized spacial score (nSPS) is 16.5. The number of aromatic nitrogens is 2. The summed E-state index contributed by atoms with van der Waals surface area (Å²) in [6, 6.07) is 5.59. The number of carbonyl (C=O) groups is 1. The number of amides is 1. The van der Waals surface area contributed by atoms with Gasteiger partial charge >= 0.3 is 0 Å². The van der Waals surface area contributed by atoms with Gasteiger partial charge in [0.1, 0.15) is 11.1 Å². The molecule has 0 aliphatic carbocycles. The maximum atomic E-state index is 12.2. The van der Waals surface area contributed by atoms with Crippen LogP contribution >= 0.6 is 11.3 Å². The molecule has 1 aromatic carbocycles. The van der Waals surface area contributed by atoms with Crippen molar-refractivity contribution < 1.29 is 19.0 Å². The van der Waals surface area contributed by atoms with Gasteiger partial charge in [0.15, 0.2) is 11.5 Å². The quantitative estimate of drug-likeness (QED) is 0.606. The lowest BCUT2D eigenvalue weighted by Gasteiger charge is -2.12. The van der Waals surface area contributed by atoms with Crippen LogP contribution < -0.4 is 14.8 Å². The minimum absolute atomic E-state index is 0.00225. The Morgan fingerprint density at radius 1 is 1.38 bits per heavy atom. The fraction of sp³-hybridized carbons (Fsp3) is 0.476. The predicted octanol–water partition coefficient (Wildman–Crippen LogP) is 4.48. The predicted molar refractivity (Wildman–Crippen MR) is 113 cm³/mol. The minimum atomic E-state index is -0.267. The Kier molecular flexibility index (Phi) is 7.60. The van der Waals surface area contributed by atoms with Crippen molar-refractivity contribution in [1.29, 1.82) is 0 Å². The average molecular weight is 418 g/mol. The van der Waals surface area contributed by atoms with Gasteiger partial charge in [-0.3, -0.25) is 10.1 Å². The summed E-state index contributed by atoms with van der Waals surface area (Å²) in [6.45, 7) is 5.70. The van der Waals surface area contributed by atoms with Crippen LogP contribution in [0.15, 0.2) is 24.3 Å². The van der Waals surface area contributed by atoms with Gasteiger partial charge in [0.2, 0.25) is 11.0 Å². The zero-order chi connectivity index (χ0) is 20.6. The Hall–Kier alpha value is -2.45. The van der Waals surface area contributed by atoms with Crippen molar-refractivity contribution in [3.05, 3.63) is 34.8 Å². The molecule has 1 unspecified atom stereocenters. The molecule has 29 heavy (non-hydrogen) atoms. The Labute approximate surface area is 175 Å². The second-order valence-electron chi connectivity index (χ2n) is 7.21. The van der Waals surface area contributed by atoms with Gasteiger partial charge in [-0.1, -0.05) is 31.3 Å². The first-order valence-electron chi connectivity index (χ1n) is 9.80. The number of rotatable bonds is 9. The SMILES string of the molecule is COc1cc(/C=C/C(=O)Nc2nnc(C3CCCO3)s2)ccc1OCCC(C)C. The molecule has 1 aromatic heterocycles. The van der Waals surface area contributed by atoms with Gasteiger partial charge in [-0.2, -0.15) is 0 Å². The first-order valence-corrected chi connectivity index (χ1v) is 10.6. The Balaban J connectivity index is 1.56. The molecule has 0 saturated carbocycles. The third kappa shape index (κ3) is 6.27. The minimum Gasteiger partial charge on any atom is -0.493 e. The molecule has 8 heteroatoms. The van der Waals surface area contributed by atoms with Crippen molar-refractivity contribution >= 4 is 28.5 Å². The first kappa shape index (κ1) is 21.3. The van der Waals surface area contributed by atoms with Crippen LogP contribution in [0, 0.1) is 5.92 Å². The van der Waals surface area contributed by atoms with E-state index in [-0.39, 0.29) is 12.0 Å². The molecule has 0 bridgehead atoms. The van der Waals surface area contributed by atoms with Crippen molar-refractivity contribution in [2.24, 2.45) is 5.92 Å². The lowest BCUT2D eigenvalue weighted by atomic mass is 10.1. The molecule has 2 heterocycles. The molecule has 1 aliphatic heterocycles. The number of anilines is 1. The van der Waals surface area contributed by atoms with Crippen LogP contribution in [-0.4, -0.2) is 36.4 Å². The summed E-state index contributed by atoms with van der Waals surface area (Å²) in [5.41, 5.74) is 0.838. The largest absolute Gasteiger partial charge is 0.493 e. The zero-order valence-electron chi connectivity index (χ0n) is 17.0. The first-order chi connectivity index (χ1) is 14.0. The highest BCUT2D eigenvalue weighted by atomic mass is 32.1. The lowest BCUT2D eigenvalue weighted by molar-refractivity contribution is -0.111. The fourth-order valence-corrected chi connectivity index (χ4v) is 3.65. The number of carbonyl (C=O) groups excluding carboxylic acids is 1. The standard InChI is InChI=1S/C21H27N3O4S/c1-14(2)10-12-28-16-8-6-15(13-18(16)26-3)7-9-19(25)22-21-24-23-20(29-21)17-5-4-11-27-17/h6-9,13-14,17H,4-5,10-12H2,1-3H3,(H,22,24,25)/b9-7+. The van der Waals surface area contributed by atoms with E-state index < -0.39 is 0 Å². The highest BCUT2D eigenvalue weighted by Gasteiger charge is 2.22. The van der Waals surface area contributed by atoms with Crippen molar-refractivity contribution in [3.8, 4) is 11.5 Å². The highest BCUT2D eigenvalue weighted by Crippen LogP contribution is 2.32. The highest BCUT2D eigenvalue weighted by molar-refractivity contribution is 7.15. The summed E-state index contributed by atoms with van der Waals surface area (Å²) in [7, 11) is 1.60. The molecular formula is C21H27N3O4S. The van der Waals surface area contributed by atoms with Gasteiger partial charge < -0.3 is 14.2 Å². The van der Waals surface area contributed by atoms with Gasteiger partial charge in [-0.25, -0.2) is 0 Å². The van der Waals surface area contributed by atoms with Gasteiger partial charge in [-0.15, -0.1) is 10.2 Å². The Morgan fingerprint density at radius 3 is 2.97 bits per heavy atom. The number of hydrogen-bond acceptors (Lipinski definition) is 7. The monoisotopic (exact) mass is 417 g/mol. The molecule has 7 nitrogen and oxygen atoms in total. The smallest absolute Gasteiger partial charge is 0.250 e. The van der Waals surface area contributed by atoms with Crippen LogP contribution in [0.1, 0.15) is 49.8 Å². The van der Waals surface area contributed by atoms with Crippen molar-refractivity contribution in [2.45, 2.75) is 39.2 Å². The molecule has 1 aliphatic rings. The molecule has 3 rings (SSSR count). The summed E-state index contributed by atoms with van der Waals surface area (Å²) in [5, 5.41) is 12.1. The topological polar surface area (TPSA) is 82.6 Å². The molecule has 156 valence electrons. The van der Waals surface area contributed by atoms with Crippen LogP contribution in [0.5, 0.6) is 11.5 Å². The maximum Gasteiger partial charge on any atom is 0.250 e. The van der Waals surface area contributed by atoms with Gasteiger partial charge in [0.25, 0.3) is 0 Å². The number of benzene rings is 1. The van der Waals surface area contributed by atoms with Crippen molar-refractivity contribution in [2.75, 3.05) is 25.6 Å². The van der Waals surface area contributed by atoms with E-state index in [0.29, 0.717) is 29.2 Å². The molecule has 1 amide bonds. The summed E-state index contributed by atoms with van der Waals surface area (Å²) in [4.78, 5) is 12.2. The summed E-state index contributed by atoms with van der Waals surface area (Å²) in [6.07, 6.45) is 6.13. The number of ether oxygens (including phenoxy) is 3. The van der Waals surface area contributed by atoms with E-state index in [4.69, 9.17) is 14.2 Å². The van der Waals surface area contributed by atoms with Gasteiger partial charge in [0, 0.05) is 12.7 Å². The van der Waals surface area contributed by atoms with Crippen LogP contribution in [0.2, 0.25) is 0 Å². The van der Waals surface area contributed by atoms with Crippen molar-refractivity contribution in [3.63, 3.8) is 0 Å². The molecule has 1 saturated heterocycles. The van der Waals surface area contributed by atoms with E-state index >= 15 is 0 Å². The van der Waals surface area contributed by atoms with Crippen molar-refractivity contribution in [1.82, 2.24) is 10.2 Å². The fourth-order valence-electron chi connectivity index (χ4n) is 2.82. The van der Waals surface area contributed by atoms with E-state index in [1.165, 1.54) is 17.4 Å². The van der Waals surface area contributed by atoms with Crippen LogP contribution in [0.3, 0.4) is 0 Å². The van der Waals surface area contributed by atoms with Gasteiger partial charge in [0.05, 0.1) is 13.7 Å². The molecule has 1 N–H and O–H groups in total. The Morgan fingerprint density at radius 2 is 2.24 bits per heavy atom. The second kappa shape index (κ2) is 10.4. The maximum absolute atomic E-state index is 12.2. The number of nitrogens with zero attached hydrogens (tertiary/aromatic N) is 2. The van der Waals surface area contributed by atoms with E-state index in [9.17, 15) is 4.79 Å². The summed E-state index contributed by atoms with van der Waals surface area (Å²) < 4.78 is 16.8. The number of nitrogens with one attached hydrogen (secondary N) is 1. The van der Waals surface area contributed by atoms with E-state index in [0.717, 1.165) is 36.4 Å². The van der Waals surface area contributed by atoms with Crippen LogP contribution in [-0.2, 0) is 9.53 Å². The number of methoxy groups -OCH3 is 1. The third-order valence-corrected chi connectivity index (χ3v) is 5.37. The molecule has 0 radical (unpaired) electrons. The average Bonchev–Trinajstić information content (AvgIpc) is 3.38.